The monoisotopic (exact) mass is 322 g/mol. The van der Waals surface area contributed by atoms with Crippen molar-refractivity contribution in [3.05, 3.63) is 40.3 Å². The molecule has 0 bridgehead atoms. The molecule has 19 heavy (non-hydrogen) atoms. The highest BCUT2D eigenvalue weighted by atomic mass is 79.9. The third kappa shape index (κ3) is 3.91. The Bertz CT molecular complexity index is 570. The molecule has 0 fully saturated rings. The van der Waals surface area contributed by atoms with Crippen LogP contribution in [0.2, 0.25) is 0 Å². The van der Waals surface area contributed by atoms with E-state index in [0.717, 1.165) is 15.8 Å². The van der Waals surface area contributed by atoms with Crippen molar-refractivity contribution in [3.8, 4) is 11.3 Å². The number of aromatic nitrogens is 1. The molecule has 0 unspecified atom stereocenters. The maximum Gasteiger partial charge on any atom is 0.208 e. The molecule has 4 heteroatoms. The van der Waals surface area contributed by atoms with Crippen molar-refractivity contribution >= 4 is 15.9 Å². The summed E-state index contributed by atoms with van der Waals surface area (Å²) in [5.74, 6) is 1.51. The Kier molecular flexibility index (Phi) is 4.11. The van der Waals surface area contributed by atoms with E-state index in [0.29, 0.717) is 12.4 Å². The number of rotatable bonds is 3. The first-order valence-electron chi connectivity index (χ1n) is 6.31. The second kappa shape index (κ2) is 5.47. The van der Waals surface area contributed by atoms with E-state index in [9.17, 15) is 0 Å². The molecule has 102 valence electrons. The maximum atomic E-state index is 5.77. The van der Waals surface area contributed by atoms with Crippen LogP contribution in [0, 0.1) is 6.92 Å². The predicted molar refractivity (Wildman–Crippen MR) is 81.0 cm³/mol. The summed E-state index contributed by atoms with van der Waals surface area (Å²) in [4.78, 5) is 4.30. The number of oxazole rings is 1. The molecule has 0 aliphatic heterocycles. The van der Waals surface area contributed by atoms with Gasteiger partial charge in [-0.1, -0.05) is 28.1 Å². The molecule has 0 atom stereocenters. The number of hydrogen-bond acceptors (Lipinski definition) is 3. The zero-order valence-corrected chi connectivity index (χ0v) is 13.3. The third-order valence-corrected chi connectivity index (χ3v) is 3.63. The summed E-state index contributed by atoms with van der Waals surface area (Å²) in [6.07, 6.45) is 1.77. The van der Waals surface area contributed by atoms with E-state index in [2.05, 4.69) is 66.1 Å². The van der Waals surface area contributed by atoms with Crippen LogP contribution in [0.4, 0.5) is 0 Å². The smallest absolute Gasteiger partial charge is 0.208 e. The molecule has 2 rings (SSSR count). The van der Waals surface area contributed by atoms with Gasteiger partial charge in [0.25, 0.3) is 0 Å². The van der Waals surface area contributed by atoms with Crippen molar-refractivity contribution in [2.45, 2.75) is 39.8 Å². The largest absolute Gasteiger partial charge is 0.439 e. The van der Waals surface area contributed by atoms with Gasteiger partial charge in [-0.15, -0.1) is 0 Å². The van der Waals surface area contributed by atoms with Crippen LogP contribution in [0.5, 0.6) is 0 Å². The zero-order chi connectivity index (χ0) is 14.0. The topological polar surface area (TPSA) is 38.1 Å². The number of nitrogens with zero attached hydrogens (tertiary/aromatic N) is 1. The van der Waals surface area contributed by atoms with Gasteiger partial charge in [-0.3, -0.25) is 0 Å². The van der Waals surface area contributed by atoms with E-state index < -0.39 is 0 Å². The van der Waals surface area contributed by atoms with Crippen molar-refractivity contribution in [2.24, 2.45) is 0 Å². The highest BCUT2D eigenvalue weighted by Gasteiger charge is 2.12. The van der Waals surface area contributed by atoms with Gasteiger partial charge in [0.05, 0.1) is 12.7 Å². The average Bonchev–Trinajstić information content (AvgIpc) is 2.78. The molecule has 0 aliphatic rings. The lowest BCUT2D eigenvalue weighted by molar-refractivity contribution is 0.383. The van der Waals surface area contributed by atoms with E-state index in [1.54, 1.807) is 6.20 Å². The molecule has 1 N–H and O–H groups in total. The van der Waals surface area contributed by atoms with Crippen LogP contribution < -0.4 is 5.32 Å². The Morgan fingerprint density at radius 3 is 2.68 bits per heavy atom. The minimum absolute atomic E-state index is 0.0571. The lowest BCUT2D eigenvalue weighted by atomic mass is 10.1. The summed E-state index contributed by atoms with van der Waals surface area (Å²) >= 11 is 3.53. The molecule has 3 nitrogen and oxygen atoms in total. The standard InChI is InChI=1S/C15H19BrN2O/c1-10-5-6-11(7-12(10)16)13-8-17-14(19-13)9-18-15(2,3)4/h5-8,18H,9H2,1-4H3. The van der Waals surface area contributed by atoms with Crippen molar-refractivity contribution in [1.29, 1.82) is 0 Å². The van der Waals surface area contributed by atoms with Gasteiger partial charge in [-0.05, 0) is 39.3 Å². The van der Waals surface area contributed by atoms with Crippen molar-refractivity contribution < 1.29 is 4.42 Å². The third-order valence-electron chi connectivity index (χ3n) is 2.78. The van der Waals surface area contributed by atoms with Gasteiger partial charge >= 0.3 is 0 Å². The van der Waals surface area contributed by atoms with Gasteiger partial charge in [0, 0.05) is 15.6 Å². The first kappa shape index (κ1) is 14.3. The zero-order valence-electron chi connectivity index (χ0n) is 11.7. The first-order valence-corrected chi connectivity index (χ1v) is 7.11. The molecule has 0 radical (unpaired) electrons. The van der Waals surface area contributed by atoms with Gasteiger partial charge in [-0.2, -0.15) is 0 Å². The Morgan fingerprint density at radius 2 is 2.05 bits per heavy atom. The van der Waals surface area contributed by atoms with Crippen LogP contribution in [0.15, 0.2) is 33.3 Å². The minimum atomic E-state index is 0.0571. The number of nitrogens with one attached hydrogen (secondary N) is 1. The van der Waals surface area contributed by atoms with Crippen LogP contribution in [0.1, 0.15) is 32.2 Å². The Balaban J connectivity index is 2.14. The Hall–Kier alpha value is -1.13. The Labute approximate surface area is 122 Å². The van der Waals surface area contributed by atoms with Gasteiger partial charge in [-0.25, -0.2) is 4.98 Å². The second-order valence-electron chi connectivity index (χ2n) is 5.69. The molecule has 2 aromatic rings. The van der Waals surface area contributed by atoms with Crippen LogP contribution in [-0.2, 0) is 6.54 Å². The number of benzene rings is 1. The van der Waals surface area contributed by atoms with E-state index in [-0.39, 0.29) is 5.54 Å². The van der Waals surface area contributed by atoms with E-state index >= 15 is 0 Å². The van der Waals surface area contributed by atoms with Gasteiger partial charge in [0.15, 0.2) is 5.76 Å². The molecule has 0 saturated heterocycles. The molecule has 0 spiro atoms. The van der Waals surface area contributed by atoms with Gasteiger partial charge in [0.2, 0.25) is 5.89 Å². The van der Waals surface area contributed by atoms with E-state index in [1.807, 2.05) is 6.07 Å². The van der Waals surface area contributed by atoms with Crippen LogP contribution >= 0.6 is 15.9 Å². The first-order chi connectivity index (χ1) is 8.85. The summed E-state index contributed by atoms with van der Waals surface area (Å²) in [6, 6.07) is 6.16. The lowest BCUT2D eigenvalue weighted by Gasteiger charge is -2.18. The van der Waals surface area contributed by atoms with Crippen LogP contribution in [0.3, 0.4) is 0 Å². The quantitative estimate of drug-likeness (QED) is 0.915. The highest BCUT2D eigenvalue weighted by molar-refractivity contribution is 9.10. The number of hydrogen-bond donors (Lipinski definition) is 1. The molecule has 1 heterocycles. The Morgan fingerprint density at radius 1 is 1.32 bits per heavy atom. The summed E-state index contributed by atoms with van der Waals surface area (Å²) < 4.78 is 6.84. The summed E-state index contributed by atoms with van der Waals surface area (Å²) in [5.41, 5.74) is 2.30. The van der Waals surface area contributed by atoms with Crippen LogP contribution in [-0.4, -0.2) is 10.5 Å². The highest BCUT2D eigenvalue weighted by Crippen LogP contribution is 2.26. The van der Waals surface area contributed by atoms with E-state index in [1.165, 1.54) is 5.56 Å². The van der Waals surface area contributed by atoms with Crippen molar-refractivity contribution in [1.82, 2.24) is 10.3 Å². The number of aryl methyl sites for hydroxylation is 1. The van der Waals surface area contributed by atoms with E-state index in [4.69, 9.17) is 4.42 Å². The van der Waals surface area contributed by atoms with Gasteiger partial charge < -0.3 is 9.73 Å². The fourth-order valence-electron chi connectivity index (χ4n) is 1.61. The summed E-state index contributed by atoms with van der Waals surface area (Å²) in [7, 11) is 0. The predicted octanol–water partition coefficient (Wildman–Crippen LogP) is 4.30. The summed E-state index contributed by atoms with van der Waals surface area (Å²) in [5, 5.41) is 3.36. The molecule has 0 aliphatic carbocycles. The molecule has 1 aromatic heterocycles. The molecule has 0 saturated carbocycles. The average molecular weight is 323 g/mol. The maximum absolute atomic E-state index is 5.77. The molecule has 1 aromatic carbocycles. The second-order valence-corrected chi connectivity index (χ2v) is 6.54. The fourth-order valence-corrected chi connectivity index (χ4v) is 1.99. The SMILES string of the molecule is Cc1ccc(-c2cnc(CNC(C)(C)C)o2)cc1Br. The van der Waals surface area contributed by atoms with Crippen LogP contribution in [0.25, 0.3) is 11.3 Å². The lowest BCUT2D eigenvalue weighted by Crippen LogP contribution is -2.35. The van der Waals surface area contributed by atoms with Crippen molar-refractivity contribution in [2.75, 3.05) is 0 Å². The van der Waals surface area contributed by atoms with Crippen molar-refractivity contribution in [3.63, 3.8) is 0 Å². The minimum Gasteiger partial charge on any atom is -0.439 e. The van der Waals surface area contributed by atoms with Gasteiger partial charge in [0.1, 0.15) is 0 Å². The molecule has 0 amide bonds. The molecular formula is C15H19BrN2O. The fraction of sp³-hybridized carbons (Fsp3) is 0.400. The molecular weight excluding hydrogens is 304 g/mol. The summed E-state index contributed by atoms with van der Waals surface area (Å²) in [6.45, 7) is 9.05. The number of halogens is 1. The normalized spacial score (nSPS) is 11.8.